The third-order valence-electron chi connectivity index (χ3n) is 4.51. The van der Waals surface area contributed by atoms with Crippen LogP contribution in [0, 0.1) is 5.92 Å². The molecule has 1 aliphatic heterocycles. The topological polar surface area (TPSA) is 71.5 Å². The number of ether oxygens (including phenoxy) is 1. The molecule has 0 amide bonds. The van der Waals surface area contributed by atoms with E-state index in [-0.39, 0.29) is 23.4 Å². The molecule has 0 saturated carbocycles. The number of benzene rings is 1. The van der Waals surface area contributed by atoms with Gasteiger partial charge in [0, 0.05) is 17.8 Å². The van der Waals surface area contributed by atoms with Gasteiger partial charge in [0.1, 0.15) is 5.92 Å². The molecule has 2 atom stereocenters. The molecule has 2 aromatic rings. The minimum atomic E-state index is -4.64. The zero-order valence-corrected chi connectivity index (χ0v) is 14.6. The first kappa shape index (κ1) is 18.9. The third kappa shape index (κ3) is 3.39. The molecule has 1 N–H and O–H groups in total. The van der Waals surface area contributed by atoms with Gasteiger partial charge in [0.25, 0.3) is 5.56 Å². The lowest BCUT2D eigenvalue weighted by atomic mass is 9.75. The van der Waals surface area contributed by atoms with Crippen LogP contribution in [0.5, 0.6) is 0 Å². The number of aromatic nitrogens is 1. The van der Waals surface area contributed by atoms with Gasteiger partial charge >= 0.3 is 12.1 Å². The minimum Gasteiger partial charge on any atom is -0.465 e. The Labute approximate surface area is 152 Å². The molecule has 1 aliphatic rings. The number of H-pyrrole nitrogens is 1. The summed E-state index contributed by atoms with van der Waals surface area (Å²) in [6.45, 7) is 3.22. The van der Waals surface area contributed by atoms with Gasteiger partial charge in [-0.05, 0) is 31.5 Å². The number of hydrogen-bond donors (Lipinski definition) is 1. The van der Waals surface area contributed by atoms with Gasteiger partial charge in [-0.2, -0.15) is 13.2 Å². The molecule has 8 heteroatoms. The van der Waals surface area contributed by atoms with Crippen LogP contribution >= 0.6 is 0 Å². The van der Waals surface area contributed by atoms with E-state index in [1.807, 2.05) is 0 Å². The van der Waals surface area contributed by atoms with Crippen LogP contribution in [-0.2, 0) is 15.7 Å². The van der Waals surface area contributed by atoms with Crippen LogP contribution in [0.4, 0.5) is 18.9 Å². The van der Waals surface area contributed by atoms with E-state index < -0.39 is 35.1 Å². The normalized spacial score (nSPS) is 19.2. The summed E-state index contributed by atoms with van der Waals surface area (Å²) in [6, 6.07) is 6.45. The first-order chi connectivity index (χ1) is 12.8. The number of esters is 1. The van der Waals surface area contributed by atoms with Crippen molar-refractivity contribution in [2.75, 3.05) is 6.61 Å². The van der Waals surface area contributed by atoms with E-state index in [9.17, 15) is 22.8 Å². The van der Waals surface area contributed by atoms with Crippen LogP contribution in [0.3, 0.4) is 0 Å². The molecule has 0 fully saturated rings. The summed E-state index contributed by atoms with van der Waals surface area (Å²) in [4.78, 5) is 31.8. The number of halogens is 3. The Morgan fingerprint density at radius 1 is 1.26 bits per heavy atom. The van der Waals surface area contributed by atoms with Crippen LogP contribution in [0.25, 0.3) is 0 Å². The lowest BCUT2D eigenvalue weighted by Crippen LogP contribution is -2.37. The number of carbonyl (C=O) groups is 1. The van der Waals surface area contributed by atoms with Crippen LogP contribution in [-0.4, -0.2) is 23.3 Å². The summed E-state index contributed by atoms with van der Waals surface area (Å²) < 4.78 is 45.9. The van der Waals surface area contributed by atoms with Gasteiger partial charge in [-0.1, -0.05) is 18.2 Å². The first-order valence-electron chi connectivity index (χ1n) is 8.35. The van der Waals surface area contributed by atoms with E-state index in [1.165, 1.54) is 30.5 Å². The molecule has 1 aromatic heterocycles. The van der Waals surface area contributed by atoms with Crippen molar-refractivity contribution in [2.45, 2.75) is 25.9 Å². The van der Waals surface area contributed by atoms with Crippen molar-refractivity contribution in [1.82, 2.24) is 4.98 Å². The molecule has 0 bridgehead atoms. The molecule has 0 saturated heterocycles. The molecule has 0 aliphatic carbocycles. The maximum Gasteiger partial charge on any atom is 0.416 e. The van der Waals surface area contributed by atoms with Crippen molar-refractivity contribution >= 4 is 17.4 Å². The number of nitrogens with zero attached hydrogens (tertiary/aromatic N) is 1. The molecule has 27 heavy (non-hydrogen) atoms. The molecule has 0 spiro atoms. The highest BCUT2D eigenvalue weighted by Gasteiger charge is 2.44. The number of alkyl halides is 3. The van der Waals surface area contributed by atoms with Crippen molar-refractivity contribution in [3.8, 4) is 0 Å². The molecule has 142 valence electrons. The van der Waals surface area contributed by atoms with Gasteiger partial charge in [0.05, 0.1) is 23.4 Å². The second kappa shape index (κ2) is 7.02. The van der Waals surface area contributed by atoms with Crippen molar-refractivity contribution in [2.24, 2.45) is 10.9 Å². The van der Waals surface area contributed by atoms with Crippen molar-refractivity contribution < 1.29 is 22.7 Å². The maximum absolute atomic E-state index is 13.6. The number of nitrogens with one attached hydrogen (secondary N) is 1. The molecule has 0 radical (unpaired) electrons. The van der Waals surface area contributed by atoms with Gasteiger partial charge in [-0.3, -0.25) is 14.6 Å². The average Bonchev–Trinajstić information content (AvgIpc) is 2.60. The van der Waals surface area contributed by atoms with E-state index in [4.69, 9.17) is 4.74 Å². The van der Waals surface area contributed by atoms with E-state index in [1.54, 1.807) is 13.8 Å². The molecule has 5 nitrogen and oxygen atoms in total. The molecular weight excluding hydrogens is 361 g/mol. The predicted molar refractivity (Wildman–Crippen MR) is 93.2 cm³/mol. The zero-order chi connectivity index (χ0) is 19.8. The number of carbonyl (C=O) groups excluding carboxylic acids is 1. The monoisotopic (exact) mass is 378 g/mol. The quantitative estimate of drug-likeness (QED) is 0.826. The van der Waals surface area contributed by atoms with Crippen molar-refractivity contribution in [3.05, 3.63) is 63.6 Å². The summed E-state index contributed by atoms with van der Waals surface area (Å²) in [5.74, 6) is -2.99. The third-order valence-corrected chi connectivity index (χ3v) is 4.51. The van der Waals surface area contributed by atoms with Crippen LogP contribution < -0.4 is 5.56 Å². The second-order valence-corrected chi connectivity index (χ2v) is 6.15. The SMILES string of the molecule is CCOC(=O)C1C(C)=Nc2cc[nH]c(=O)c2C1c1ccccc1C(F)(F)F. The molecule has 3 rings (SSSR count). The summed E-state index contributed by atoms with van der Waals surface area (Å²) in [6.07, 6.45) is -3.27. The second-order valence-electron chi connectivity index (χ2n) is 6.15. The fourth-order valence-corrected chi connectivity index (χ4v) is 3.45. The number of hydrogen-bond acceptors (Lipinski definition) is 4. The van der Waals surface area contributed by atoms with Gasteiger partial charge < -0.3 is 9.72 Å². The smallest absolute Gasteiger partial charge is 0.416 e. The highest BCUT2D eigenvalue weighted by molar-refractivity contribution is 6.05. The number of rotatable bonds is 3. The van der Waals surface area contributed by atoms with E-state index in [0.29, 0.717) is 5.71 Å². The summed E-state index contributed by atoms with van der Waals surface area (Å²) in [5.41, 5.74) is -1.06. The predicted octanol–water partition coefficient (Wildman–Crippen LogP) is 3.81. The maximum atomic E-state index is 13.6. The first-order valence-corrected chi connectivity index (χ1v) is 8.35. The van der Waals surface area contributed by atoms with E-state index >= 15 is 0 Å². The Hall–Kier alpha value is -2.90. The number of fused-ring (bicyclic) bond motifs is 1. The van der Waals surface area contributed by atoms with Crippen molar-refractivity contribution in [1.29, 1.82) is 0 Å². The highest BCUT2D eigenvalue weighted by atomic mass is 19.4. The summed E-state index contributed by atoms with van der Waals surface area (Å²) in [7, 11) is 0. The Kier molecular flexibility index (Phi) is 4.91. The molecule has 2 unspecified atom stereocenters. The zero-order valence-electron chi connectivity index (χ0n) is 14.6. The van der Waals surface area contributed by atoms with Crippen LogP contribution in [0.2, 0.25) is 0 Å². The van der Waals surface area contributed by atoms with Gasteiger partial charge in [0.2, 0.25) is 0 Å². The van der Waals surface area contributed by atoms with E-state index in [0.717, 1.165) is 6.07 Å². The summed E-state index contributed by atoms with van der Waals surface area (Å²) >= 11 is 0. The lowest BCUT2D eigenvalue weighted by molar-refractivity contribution is -0.147. The van der Waals surface area contributed by atoms with Gasteiger partial charge in [0.15, 0.2) is 0 Å². The largest absolute Gasteiger partial charge is 0.465 e. The lowest BCUT2D eigenvalue weighted by Gasteiger charge is -2.31. The Balaban J connectivity index is 2.32. The standard InChI is InChI=1S/C19H17F3N2O3/c1-3-27-18(26)14-10(2)24-13-8-9-23-17(25)16(13)15(14)11-6-4-5-7-12(11)19(20,21)22/h4-9,14-15H,3H2,1-2H3,(H,23,25). The Morgan fingerprint density at radius 2 is 1.96 bits per heavy atom. The Bertz CT molecular complexity index is 963. The van der Waals surface area contributed by atoms with Crippen LogP contribution in [0.15, 0.2) is 46.3 Å². The fraction of sp³-hybridized carbons (Fsp3) is 0.316. The van der Waals surface area contributed by atoms with Crippen molar-refractivity contribution in [3.63, 3.8) is 0 Å². The number of pyridine rings is 1. The molecular formula is C19H17F3N2O3. The molecule has 2 heterocycles. The summed E-state index contributed by atoms with van der Waals surface area (Å²) in [5, 5.41) is 0. The molecule has 1 aromatic carbocycles. The van der Waals surface area contributed by atoms with E-state index in [2.05, 4.69) is 9.98 Å². The number of aliphatic imine (C=N–C) groups is 1. The fourth-order valence-electron chi connectivity index (χ4n) is 3.45. The van der Waals surface area contributed by atoms with Gasteiger partial charge in [-0.25, -0.2) is 0 Å². The average molecular weight is 378 g/mol. The Morgan fingerprint density at radius 3 is 2.63 bits per heavy atom. The number of aromatic amines is 1. The highest BCUT2D eigenvalue weighted by Crippen LogP contribution is 2.45. The van der Waals surface area contributed by atoms with Gasteiger partial charge in [-0.15, -0.1) is 0 Å². The minimum absolute atomic E-state index is 0.0258. The van der Waals surface area contributed by atoms with Crippen LogP contribution in [0.1, 0.15) is 36.5 Å².